The molecule has 1 saturated carbocycles. The van der Waals surface area contributed by atoms with Crippen molar-refractivity contribution in [3.05, 3.63) is 96.1 Å². The number of hydrogen-bond acceptors (Lipinski definition) is 2. The normalized spacial score (nSPS) is 14.0. The van der Waals surface area contributed by atoms with E-state index in [1.54, 1.807) is 0 Å². The lowest BCUT2D eigenvalue weighted by atomic mass is 10.0. The second-order valence-corrected chi connectivity index (χ2v) is 7.83. The van der Waals surface area contributed by atoms with Gasteiger partial charge in [0.2, 0.25) is 11.8 Å². The molecule has 0 bridgehead atoms. The van der Waals surface area contributed by atoms with Crippen LogP contribution in [0.2, 0.25) is 0 Å². The van der Waals surface area contributed by atoms with E-state index in [2.05, 4.69) is 22.8 Å². The van der Waals surface area contributed by atoms with Crippen LogP contribution in [0.1, 0.15) is 24.0 Å². The van der Waals surface area contributed by atoms with Crippen LogP contribution in [0.3, 0.4) is 0 Å². The van der Waals surface area contributed by atoms with Crippen molar-refractivity contribution in [1.82, 2.24) is 10.6 Å². The van der Waals surface area contributed by atoms with E-state index in [0.717, 1.165) is 35.1 Å². The fourth-order valence-electron chi connectivity index (χ4n) is 3.46. The summed E-state index contributed by atoms with van der Waals surface area (Å²) < 4.78 is 0. The lowest BCUT2D eigenvalue weighted by Gasteiger charge is -2.19. The topological polar surface area (TPSA) is 58.2 Å². The average Bonchev–Trinajstić information content (AvgIpc) is 3.59. The summed E-state index contributed by atoms with van der Waals surface area (Å²) in [5, 5.41) is 5.96. The van der Waals surface area contributed by atoms with Crippen LogP contribution in [0.15, 0.2) is 84.9 Å². The van der Waals surface area contributed by atoms with Crippen LogP contribution in [-0.2, 0) is 22.4 Å². The highest BCUT2D eigenvalue weighted by Crippen LogP contribution is 2.20. The van der Waals surface area contributed by atoms with E-state index in [9.17, 15) is 9.59 Å². The van der Waals surface area contributed by atoms with Crippen LogP contribution in [0.5, 0.6) is 0 Å². The van der Waals surface area contributed by atoms with Crippen LogP contribution in [0.4, 0.5) is 0 Å². The standard InChI is InChI=1S/C26H26N2O2/c29-25(18-20-11-13-22(14-12-20)21-9-5-2-6-10-21)28-24(26(30)27-23-15-16-23)17-19-7-3-1-4-8-19/h1-14,23-24H,15-18H2,(H,27,30)(H,28,29). The number of carbonyl (C=O) groups is 2. The molecule has 0 radical (unpaired) electrons. The highest BCUT2D eigenvalue weighted by Gasteiger charge is 2.28. The molecule has 4 nitrogen and oxygen atoms in total. The molecule has 1 aliphatic rings. The van der Waals surface area contributed by atoms with E-state index < -0.39 is 6.04 Å². The predicted octanol–water partition coefficient (Wildman–Crippen LogP) is 3.90. The van der Waals surface area contributed by atoms with Gasteiger partial charge in [-0.05, 0) is 35.1 Å². The minimum Gasteiger partial charge on any atom is -0.352 e. The first-order valence-electron chi connectivity index (χ1n) is 10.5. The maximum Gasteiger partial charge on any atom is 0.243 e. The Balaban J connectivity index is 1.39. The van der Waals surface area contributed by atoms with Crippen molar-refractivity contribution in [2.24, 2.45) is 0 Å². The van der Waals surface area contributed by atoms with Gasteiger partial charge in [-0.2, -0.15) is 0 Å². The van der Waals surface area contributed by atoms with Gasteiger partial charge in [-0.25, -0.2) is 0 Å². The molecular formula is C26H26N2O2. The Hall–Kier alpha value is -3.40. The number of rotatable bonds is 8. The SMILES string of the molecule is O=C(Cc1ccc(-c2ccccc2)cc1)NC(Cc1ccccc1)C(=O)NC1CC1. The average molecular weight is 399 g/mol. The molecule has 152 valence electrons. The minimum absolute atomic E-state index is 0.103. The lowest BCUT2D eigenvalue weighted by molar-refractivity contribution is -0.128. The van der Waals surface area contributed by atoms with E-state index in [-0.39, 0.29) is 24.3 Å². The van der Waals surface area contributed by atoms with Crippen LogP contribution in [0.25, 0.3) is 11.1 Å². The van der Waals surface area contributed by atoms with Crippen LogP contribution in [0, 0.1) is 0 Å². The van der Waals surface area contributed by atoms with E-state index in [1.807, 2.05) is 72.8 Å². The second kappa shape index (κ2) is 9.40. The first kappa shape index (κ1) is 19.9. The second-order valence-electron chi connectivity index (χ2n) is 7.83. The van der Waals surface area contributed by atoms with Crippen molar-refractivity contribution in [3.63, 3.8) is 0 Å². The summed E-state index contributed by atoms with van der Waals surface area (Å²) >= 11 is 0. The highest BCUT2D eigenvalue weighted by atomic mass is 16.2. The summed E-state index contributed by atoms with van der Waals surface area (Å²) in [7, 11) is 0. The number of benzene rings is 3. The molecule has 3 aromatic rings. The maximum absolute atomic E-state index is 12.7. The summed E-state index contributed by atoms with van der Waals surface area (Å²) in [6.45, 7) is 0. The van der Waals surface area contributed by atoms with Gasteiger partial charge in [0, 0.05) is 12.5 Å². The summed E-state index contributed by atoms with van der Waals surface area (Å²) in [5.74, 6) is -0.247. The Kier molecular flexibility index (Phi) is 6.23. The van der Waals surface area contributed by atoms with Gasteiger partial charge in [0.1, 0.15) is 6.04 Å². The zero-order chi connectivity index (χ0) is 20.8. The first-order valence-corrected chi connectivity index (χ1v) is 10.5. The van der Waals surface area contributed by atoms with Gasteiger partial charge >= 0.3 is 0 Å². The molecule has 0 spiro atoms. The Labute approximate surface area is 177 Å². The third kappa shape index (κ3) is 5.57. The molecule has 30 heavy (non-hydrogen) atoms. The van der Waals surface area contributed by atoms with Gasteiger partial charge in [0.25, 0.3) is 0 Å². The van der Waals surface area contributed by atoms with E-state index in [4.69, 9.17) is 0 Å². The zero-order valence-electron chi connectivity index (χ0n) is 16.9. The molecule has 0 saturated heterocycles. The third-order valence-electron chi connectivity index (χ3n) is 5.28. The lowest BCUT2D eigenvalue weighted by Crippen LogP contribution is -2.49. The summed E-state index contributed by atoms with van der Waals surface area (Å²) in [6.07, 6.45) is 2.77. The van der Waals surface area contributed by atoms with Crippen LogP contribution in [-0.4, -0.2) is 23.9 Å². The fraction of sp³-hybridized carbons (Fsp3) is 0.231. The van der Waals surface area contributed by atoms with Crippen molar-refractivity contribution < 1.29 is 9.59 Å². The molecule has 1 unspecified atom stereocenters. The van der Waals surface area contributed by atoms with Crippen LogP contribution >= 0.6 is 0 Å². The predicted molar refractivity (Wildman–Crippen MR) is 119 cm³/mol. The number of nitrogens with one attached hydrogen (secondary N) is 2. The maximum atomic E-state index is 12.7. The molecule has 0 heterocycles. The summed E-state index contributed by atoms with van der Waals surface area (Å²) in [4.78, 5) is 25.3. The molecule has 3 aromatic carbocycles. The largest absolute Gasteiger partial charge is 0.352 e. The molecule has 4 rings (SSSR count). The van der Waals surface area contributed by atoms with Gasteiger partial charge in [-0.1, -0.05) is 84.9 Å². The smallest absolute Gasteiger partial charge is 0.243 e. The molecule has 1 aliphatic carbocycles. The Morgan fingerprint density at radius 1 is 0.767 bits per heavy atom. The monoisotopic (exact) mass is 398 g/mol. The number of hydrogen-bond donors (Lipinski definition) is 2. The third-order valence-corrected chi connectivity index (χ3v) is 5.28. The van der Waals surface area contributed by atoms with Crippen molar-refractivity contribution in [1.29, 1.82) is 0 Å². The number of amides is 2. The van der Waals surface area contributed by atoms with Crippen molar-refractivity contribution in [3.8, 4) is 11.1 Å². The van der Waals surface area contributed by atoms with Gasteiger partial charge in [-0.15, -0.1) is 0 Å². The molecule has 4 heteroatoms. The van der Waals surface area contributed by atoms with Crippen molar-refractivity contribution >= 4 is 11.8 Å². The molecular weight excluding hydrogens is 372 g/mol. The van der Waals surface area contributed by atoms with Gasteiger partial charge in [0.05, 0.1) is 6.42 Å². The molecule has 1 atom stereocenters. The Bertz CT molecular complexity index is 981. The van der Waals surface area contributed by atoms with Gasteiger partial charge in [-0.3, -0.25) is 9.59 Å². The summed E-state index contributed by atoms with van der Waals surface area (Å²) in [5.41, 5.74) is 4.22. The minimum atomic E-state index is -0.566. The molecule has 0 aromatic heterocycles. The number of carbonyl (C=O) groups excluding carboxylic acids is 2. The van der Waals surface area contributed by atoms with E-state index in [0.29, 0.717) is 6.42 Å². The molecule has 2 amide bonds. The summed E-state index contributed by atoms with van der Waals surface area (Å²) in [6, 6.07) is 27.6. The first-order chi connectivity index (χ1) is 14.7. The highest BCUT2D eigenvalue weighted by molar-refractivity contribution is 5.89. The molecule has 0 aliphatic heterocycles. The van der Waals surface area contributed by atoms with E-state index >= 15 is 0 Å². The zero-order valence-corrected chi connectivity index (χ0v) is 16.9. The van der Waals surface area contributed by atoms with Crippen molar-refractivity contribution in [2.75, 3.05) is 0 Å². The van der Waals surface area contributed by atoms with Gasteiger partial charge < -0.3 is 10.6 Å². The molecule has 1 fully saturated rings. The Morgan fingerprint density at radius 2 is 1.37 bits per heavy atom. The Morgan fingerprint density at radius 3 is 2.00 bits per heavy atom. The van der Waals surface area contributed by atoms with Crippen LogP contribution < -0.4 is 10.6 Å². The van der Waals surface area contributed by atoms with E-state index in [1.165, 1.54) is 0 Å². The fourth-order valence-corrected chi connectivity index (χ4v) is 3.46. The quantitative estimate of drug-likeness (QED) is 0.605. The molecule has 2 N–H and O–H groups in total. The van der Waals surface area contributed by atoms with Gasteiger partial charge in [0.15, 0.2) is 0 Å². The van der Waals surface area contributed by atoms with Crippen molar-refractivity contribution in [2.45, 2.75) is 37.8 Å².